The van der Waals surface area contributed by atoms with Gasteiger partial charge in [0.05, 0.1) is 11.0 Å². The van der Waals surface area contributed by atoms with Crippen molar-refractivity contribution in [1.29, 1.82) is 0 Å². The molecule has 0 spiro atoms. The first-order valence-corrected chi connectivity index (χ1v) is 3.50. The number of fused-ring (bicyclic) bond motifs is 1. The molecule has 2 aromatic rings. The first kappa shape index (κ1) is 6.74. The molecule has 0 aliphatic heterocycles. The van der Waals surface area contributed by atoms with Crippen molar-refractivity contribution in [2.45, 2.75) is 0 Å². The monoisotopic (exact) mass is 155 g/mol. The molecular weight excluding hydrogens is 150 g/mol. The average molecular weight is 155 g/mol. The SMILES string of the molecule is [N-]=C=[C+]c1nc2ccccc2[nH]1. The van der Waals surface area contributed by atoms with Gasteiger partial charge in [-0.05, 0) is 12.1 Å². The first-order chi connectivity index (χ1) is 5.90. The van der Waals surface area contributed by atoms with Gasteiger partial charge in [-0.25, -0.2) is 0 Å². The van der Waals surface area contributed by atoms with E-state index in [1.165, 1.54) is 0 Å². The third-order valence-corrected chi connectivity index (χ3v) is 1.56. The Morgan fingerprint density at radius 1 is 1.42 bits per heavy atom. The van der Waals surface area contributed by atoms with Gasteiger partial charge >= 0.3 is 11.9 Å². The summed E-state index contributed by atoms with van der Waals surface area (Å²) in [6, 6.07) is 7.61. The summed E-state index contributed by atoms with van der Waals surface area (Å²) in [5, 5.41) is 8.32. The molecule has 2 rings (SSSR count). The van der Waals surface area contributed by atoms with Crippen LogP contribution >= 0.6 is 0 Å². The maximum absolute atomic E-state index is 8.32. The number of nitrogens with zero attached hydrogens (tertiary/aromatic N) is 2. The van der Waals surface area contributed by atoms with Crippen LogP contribution in [0.3, 0.4) is 0 Å². The molecule has 0 bridgehead atoms. The van der Waals surface area contributed by atoms with E-state index in [0.717, 1.165) is 11.0 Å². The standard InChI is InChI=1S/C9H5N3/c10-6-5-9-11-7-3-1-2-4-8(7)12-9/h1-4H,(H,11,12). The molecule has 3 heteroatoms. The number of aromatic amines is 1. The first-order valence-electron chi connectivity index (χ1n) is 3.50. The fourth-order valence-electron chi connectivity index (χ4n) is 1.06. The van der Waals surface area contributed by atoms with Gasteiger partial charge in [0.2, 0.25) is 0 Å². The molecule has 0 atom stereocenters. The van der Waals surface area contributed by atoms with Crippen LogP contribution in [0.5, 0.6) is 0 Å². The van der Waals surface area contributed by atoms with Crippen LogP contribution in [0, 0.1) is 6.08 Å². The predicted octanol–water partition coefficient (Wildman–Crippen LogP) is 1.51. The Morgan fingerprint density at radius 3 is 3.00 bits per heavy atom. The second kappa shape index (κ2) is 2.59. The topological polar surface area (TPSA) is 51.0 Å². The molecular formula is C9H5N3. The summed E-state index contributed by atoms with van der Waals surface area (Å²) in [6.07, 6.45) is 2.44. The van der Waals surface area contributed by atoms with Gasteiger partial charge < -0.3 is 5.41 Å². The molecule has 1 N–H and O–H groups in total. The minimum Gasteiger partial charge on any atom is -0.711 e. The molecule has 12 heavy (non-hydrogen) atoms. The van der Waals surface area contributed by atoms with Crippen LogP contribution in [0.4, 0.5) is 0 Å². The van der Waals surface area contributed by atoms with E-state index in [9.17, 15) is 0 Å². The van der Waals surface area contributed by atoms with Gasteiger partial charge in [0.1, 0.15) is 0 Å². The van der Waals surface area contributed by atoms with Crippen LogP contribution in [0.2, 0.25) is 0 Å². The zero-order chi connectivity index (χ0) is 8.39. The Labute approximate surface area is 69.3 Å². The van der Waals surface area contributed by atoms with Crippen LogP contribution in [0.25, 0.3) is 16.4 Å². The summed E-state index contributed by atoms with van der Waals surface area (Å²) >= 11 is 0. The minimum atomic E-state index is 0.485. The summed E-state index contributed by atoms with van der Waals surface area (Å²) in [6.45, 7) is 0. The van der Waals surface area contributed by atoms with Crippen molar-refractivity contribution in [3.8, 4) is 0 Å². The molecule has 0 fully saturated rings. The van der Waals surface area contributed by atoms with Crippen LogP contribution in [0.1, 0.15) is 5.82 Å². The molecule has 0 saturated heterocycles. The number of hydrogen-bond acceptors (Lipinski definition) is 1. The molecule has 1 aromatic heterocycles. The molecule has 1 aromatic carbocycles. The third-order valence-electron chi connectivity index (χ3n) is 1.56. The van der Waals surface area contributed by atoms with E-state index in [1.54, 1.807) is 5.87 Å². The molecule has 0 unspecified atom stereocenters. The van der Waals surface area contributed by atoms with Crippen molar-refractivity contribution in [2.24, 2.45) is 0 Å². The lowest BCUT2D eigenvalue weighted by molar-refractivity contribution is 1.24. The van der Waals surface area contributed by atoms with Gasteiger partial charge in [-0.3, -0.25) is 4.98 Å². The highest BCUT2D eigenvalue weighted by atomic mass is 14.9. The van der Waals surface area contributed by atoms with E-state index in [2.05, 4.69) is 16.0 Å². The normalized spacial score (nSPS) is 9.33. The van der Waals surface area contributed by atoms with Crippen LogP contribution in [0.15, 0.2) is 24.3 Å². The highest BCUT2D eigenvalue weighted by Crippen LogP contribution is 2.09. The summed E-state index contributed by atoms with van der Waals surface area (Å²) < 4.78 is 0. The highest BCUT2D eigenvalue weighted by molar-refractivity contribution is 5.75. The maximum Gasteiger partial charge on any atom is 0.396 e. The van der Waals surface area contributed by atoms with E-state index in [1.807, 2.05) is 24.3 Å². The Morgan fingerprint density at radius 2 is 2.25 bits per heavy atom. The molecule has 56 valence electrons. The second-order valence-corrected chi connectivity index (χ2v) is 2.34. The van der Waals surface area contributed by atoms with Gasteiger partial charge in [-0.2, -0.15) is 4.98 Å². The number of aromatic nitrogens is 2. The number of imidazole rings is 1. The van der Waals surface area contributed by atoms with Gasteiger partial charge in [0.25, 0.3) is 0 Å². The predicted molar refractivity (Wildman–Crippen MR) is 46.8 cm³/mol. The van der Waals surface area contributed by atoms with Gasteiger partial charge in [-0.1, -0.05) is 12.1 Å². The largest absolute Gasteiger partial charge is 0.711 e. The number of H-pyrrole nitrogens is 1. The van der Waals surface area contributed by atoms with Crippen molar-refractivity contribution >= 4 is 16.9 Å². The van der Waals surface area contributed by atoms with E-state index >= 15 is 0 Å². The minimum absolute atomic E-state index is 0.485. The summed E-state index contributed by atoms with van der Waals surface area (Å²) in [7, 11) is 0. The second-order valence-electron chi connectivity index (χ2n) is 2.34. The quantitative estimate of drug-likeness (QED) is 0.492. The Hall–Kier alpha value is -1.95. The van der Waals surface area contributed by atoms with E-state index in [-0.39, 0.29) is 0 Å². The van der Waals surface area contributed by atoms with Crippen molar-refractivity contribution in [2.75, 3.05) is 0 Å². The van der Waals surface area contributed by atoms with Crippen molar-refractivity contribution in [3.63, 3.8) is 0 Å². The number of hydrogen-bond donors (Lipinski definition) is 1. The smallest absolute Gasteiger partial charge is 0.396 e. The van der Waals surface area contributed by atoms with E-state index in [4.69, 9.17) is 5.41 Å². The number of rotatable bonds is 1. The van der Waals surface area contributed by atoms with Crippen LogP contribution in [-0.2, 0) is 0 Å². The highest BCUT2D eigenvalue weighted by Gasteiger charge is 2.06. The fraction of sp³-hybridized carbons (Fsp3) is 0. The zero-order valence-corrected chi connectivity index (χ0v) is 6.20. The number of benzene rings is 1. The van der Waals surface area contributed by atoms with Gasteiger partial charge in [0.15, 0.2) is 0 Å². The van der Waals surface area contributed by atoms with Crippen molar-refractivity contribution in [3.05, 3.63) is 41.6 Å². The van der Waals surface area contributed by atoms with Crippen LogP contribution in [-0.4, -0.2) is 15.8 Å². The summed E-state index contributed by atoms with van der Waals surface area (Å²) in [5.41, 5.74) is 1.78. The summed E-state index contributed by atoms with van der Waals surface area (Å²) in [5.74, 6) is 2.29. The third kappa shape index (κ3) is 0.995. The maximum atomic E-state index is 8.32. The van der Waals surface area contributed by atoms with Crippen LogP contribution < -0.4 is 0 Å². The lowest BCUT2D eigenvalue weighted by Crippen LogP contribution is -1.74. The molecule has 0 amide bonds. The zero-order valence-electron chi connectivity index (χ0n) is 6.20. The molecule has 0 radical (unpaired) electrons. The summed E-state index contributed by atoms with van der Waals surface area (Å²) in [4.78, 5) is 7.07. The van der Waals surface area contributed by atoms with E-state index < -0.39 is 0 Å². The lowest BCUT2D eigenvalue weighted by Gasteiger charge is -1.80. The molecule has 0 saturated carbocycles. The van der Waals surface area contributed by atoms with Gasteiger partial charge in [0, 0.05) is 5.87 Å². The molecule has 0 aliphatic carbocycles. The molecule has 1 heterocycles. The average Bonchev–Trinajstić information content (AvgIpc) is 2.47. The lowest BCUT2D eigenvalue weighted by atomic mass is 10.3. The van der Waals surface area contributed by atoms with Crippen molar-refractivity contribution < 1.29 is 0 Å². The Balaban J connectivity index is 2.69. The number of nitrogens with one attached hydrogen (secondary N) is 1. The Bertz CT molecular complexity index is 416. The molecule has 0 aliphatic rings. The Kier molecular flexibility index (Phi) is 1.45. The van der Waals surface area contributed by atoms with E-state index in [0.29, 0.717) is 5.82 Å². The number of para-hydroxylation sites is 2. The van der Waals surface area contributed by atoms with Gasteiger partial charge in [-0.15, -0.1) is 0 Å². The van der Waals surface area contributed by atoms with Crippen molar-refractivity contribution in [1.82, 2.24) is 9.97 Å². The molecule has 3 nitrogen and oxygen atoms in total. The fourth-order valence-corrected chi connectivity index (χ4v) is 1.06.